The number of carbonyl (C=O) groups is 1. The molecule has 0 aliphatic rings. The van der Waals surface area contributed by atoms with Gasteiger partial charge in [-0.05, 0) is 12.8 Å². The molecule has 0 aliphatic carbocycles. The Bertz CT molecular complexity index is 128. The standard InChI is InChI=1S/C6H12O.Mo.2S/c1-5(2)4-6(3)7;;;/h5H,4H2,1-3H3;;;. The van der Waals surface area contributed by atoms with Gasteiger partial charge in [0.2, 0.25) is 0 Å². The van der Waals surface area contributed by atoms with Crippen LogP contribution in [0.25, 0.3) is 0 Å². The third kappa shape index (κ3) is 23.2. The Balaban J connectivity index is 0. The Labute approximate surface area is 78.0 Å². The summed E-state index contributed by atoms with van der Waals surface area (Å²) >= 11 is -0.363. The summed E-state index contributed by atoms with van der Waals surface area (Å²) in [5.74, 6) is 0.813. The molecule has 0 aromatic carbocycles. The quantitative estimate of drug-likeness (QED) is 0.711. The van der Waals surface area contributed by atoms with Crippen LogP contribution in [0.4, 0.5) is 0 Å². The van der Waals surface area contributed by atoms with Crippen LogP contribution >= 0.6 is 19.6 Å². The molecule has 0 radical (unpaired) electrons. The summed E-state index contributed by atoms with van der Waals surface area (Å²) in [4.78, 5) is 10.3. The maximum atomic E-state index is 10.3. The van der Waals surface area contributed by atoms with E-state index in [9.17, 15) is 4.79 Å². The van der Waals surface area contributed by atoms with Crippen LogP contribution in [0.3, 0.4) is 0 Å². The van der Waals surface area contributed by atoms with Gasteiger partial charge in [-0.2, -0.15) is 0 Å². The van der Waals surface area contributed by atoms with Crippen LogP contribution in [0.2, 0.25) is 0 Å². The van der Waals surface area contributed by atoms with Gasteiger partial charge in [0.1, 0.15) is 5.78 Å². The first-order valence-corrected chi connectivity index (χ1v) is 8.54. The Morgan fingerprint density at radius 3 is 1.80 bits per heavy atom. The van der Waals surface area contributed by atoms with Crippen LogP contribution in [0.5, 0.6) is 0 Å². The number of ketones is 1. The molecular formula is C6H12MoOS2. The van der Waals surface area contributed by atoms with Crippen molar-refractivity contribution in [3.05, 3.63) is 0 Å². The molecule has 0 amide bonds. The predicted molar refractivity (Wildman–Crippen MR) is 45.3 cm³/mol. The average Bonchev–Trinajstić information content (AvgIpc) is 1.62. The molecule has 0 aromatic heterocycles. The van der Waals surface area contributed by atoms with Gasteiger partial charge in [-0.25, -0.2) is 0 Å². The number of hydrogen-bond acceptors (Lipinski definition) is 3. The van der Waals surface area contributed by atoms with E-state index in [4.69, 9.17) is 0 Å². The van der Waals surface area contributed by atoms with E-state index in [-0.39, 0.29) is 20.7 Å². The summed E-state index contributed by atoms with van der Waals surface area (Å²) in [7, 11) is 8.68. The van der Waals surface area contributed by atoms with E-state index in [0.29, 0.717) is 5.92 Å². The van der Waals surface area contributed by atoms with Crippen LogP contribution in [-0.4, -0.2) is 5.78 Å². The van der Waals surface area contributed by atoms with Gasteiger partial charge in [-0.3, -0.25) is 0 Å². The summed E-state index contributed by atoms with van der Waals surface area (Å²) < 4.78 is 0. The van der Waals surface area contributed by atoms with Gasteiger partial charge in [-0.1, -0.05) is 13.8 Å². The van der Waals surface area contributed by atoms with Crippen molar-refractivity contribution >= 4 is 25.4 Å². The third-order valence-corrected chi connectivity index (χ3v) is 0.696. The number of Topliss-reactive ketones (excluding diaryl/α,β-unsaturated/α-hetero) is 1. The van der Waals surface area contributed by atoms with E-state index >= 15 is 0 Å². The van der Waals surface area contributed by atoms with Crippen LogP contribution in [-0.2, 0) is 19.7 Å². The van der Waals surface area contributed by atoms with E-state index in [2.05, 4.69) is 19.6 Å². The Kier molecular flexibility index (Phi) is 13.1. The zero-order chi connectivity index (χ0) is 8.57. The zero-order valence-electron chi connectivity index (χ0n) is 6.42. The van der Waals surface area contributed by atoms with Gasteiger partial charge in [0.25, 0.3) is 0 Å². The zero-order valence-corrected chi connectivity index (χ0v) is 10.1. The SMILES string of the molecule is CC(=O)CC(C)C.[S]=[Mo]=[S]. The molecule has 0 saturated heterocycles. The number of hydrogen-bond donors (Lipinski definition) is 0. The van der Waals surface area contributed by atoms with Crippen molar-refractivity contribution in [1.29, 1.82) is 0 Å². The molecule has 0 fully saturated rings. The molecular weight excluding hydrogens is 248 g/mol. The van der Waals surface area contributed by atoms with Crippen LogP contribution in [0.15, 0.2) is 0 Å². The molecule has 0 aromatic rings. The first kappa shape index (κ1) is 13.4. The van der Waals surface area contributed by atoms with Crippen molar-refractivity contribution in [2.45, 2.75) is 27.2 Å². The Hall–Kier alpha value is 0.798. The fourth-order valence-electron chi connectivity index (χ4n) is 0.575. The molecule has 0 unspecified atom stereocenters. The third-order valence-electron chi connectivity index (χ3n) is 0.696. The summed E-state index contributed by atoms with van der Waals surface area (Å²) in [6, 6.07) is 0. The predicted octanol–water partition coefficient (Wildman–Crippen LogP) is 2.92. The van der Waals surface area contributed by atoms with Crippen LogP contribution in [0, 0.1) is 5.92 Å². The fraction of sp³-hybridized carbons (Fsp3) is 0.833. The van der Waals surface area contributed by atoms with Gasteiger partial charge in [0, 0.05) is 6.42 Å². The molecule has 1 nitrogen and oxygen atoms in total. The van der Waals surface area contributed by atoms with Crippen molar-refractivity contribution < 1.29 is 19.7 Å². The van der Waals surface area contributed by atoms with Crippen molar-refractivity contribution in [2.75, 3.05) is 0 Å². The van der Waals surface area contributed by atoms with E-state index < -0.39 is 0 Å². The summed E-state index contributed by atoms with van der Waals surface area (Å²) in [6.45, 7) is 5.71. The minimum absolute atomic E-state index is 0.287. The van der Waals surface area contributed by atoms with Crippen LogP contribution in [0.1, 0.15) is 27.2 Å². The summed E-state index contributed by atoms with van der Waals surface area (Å²) in [5.41, 5.74) is 0. The van der Waals surface area contributed by atoms with Crippen LogP contribution < -0.4 is 0 Å². The molecule has 0 atom stereocenters. The van der Waals surface area contributed by atoms with E-state index in [1.807, 2.05) is 13.8 Å². The topological polar surface area (TPSA) is 17.1 Å². The molecule has 4 heteroatoms. The van der Waals surface area contributed by atoms with Crippen molar-refractivity contribution in [2.24, 2.45) is 5.92 Å². The van der Waals surface area contributed by atoms with Gasteiger partial charge >= 0.3 is 34.6 Å². The molecule has 10 heavy (non-hydrogen) atoms. The first-order valence-electron chi connectivity index (χ1n) is 2.95. The normalized spacial score (nSPS) is 8.00. The summed E-state index contributed by atoms with van der Waals surface area (Å²) in [6.07, 6.45) is 0.722. The summed E-state index contributed by atoms with van der Waals surface area (Å²) in [5, 5.41) is 0. The second-order valence-corrected chi connectivity index (χ2v) is 5.92. The van der Waals surface area contributed by atoms with Crippen molar-refractivity contribution in [1.82, 2.24) is 0 Å². The van der Waals surface area contributed by atoms with Gasteiger partial charge in [-0.15, -0.1) is 0 Å². The molecule has 0 aliphatic heterocycles. The maximum absolute atomic E-state index is 10.3. The number of carbonyl (C=O) groups excluding carboxylic acids is 1. The Morgan fingerprint density at radius 1 is 1.50 bits per heavy atom. The van der Waals surface area contributed by atoms with Crippen molar-refractivity contribution in [3.63, 3.8) is 0 Å². The molecule has 0 rings (SSSR count). The van der Waals surface area contributed by atoms with E-state index in [1.54, 1.807) is 6.92 Å². The van der Waals surface area contributed by atoms with Gasteiger partial charge in [0.15, 0.2) is 0 Å². The van der Waals surface area contributed by atoms with Crippen molar-refractivity contribution in [3.8, 4) is 0 Å². The molecule has 0 N–H and O–H groups in total. The monoisotopic (exact) mass is 262 g/mol. The van der Waals surface area contributed by atoms with E-state index in [1.165, 1.54) is 0 Å². The Morgan fingerprint density at radius 2 is 1.80 bits per heavy atom. The van der Waals surface area contributed by atoms with Gasteiger partial charge in [0.05, 0.1) is 0 Å². The molecule has 0 heterocycles. The minimum atomic E-state index is -0.363. The molecule has 0 bridgehead atoms. The van der Waals surface area contributed by atoms with E-state index in [0.717, 1.165) is 6.42 Å². The average molecular weight is 260 g/mol. The second-order valence-electron chi connectivity index (χ2n) is 2.37. The molecule has 0 saturated carbocycles. The molecule has 0 spiro atoms. The first-order chi connectivity index (χ1) is 4.54. The number of rotatable bonds is 2. The fourth-order valence-corrected chi connectivity index (χ4v) is 0.575. The molecule has 60 valence electrons. The second kappa shape index (κ2) is 9.80. The van der Waals surface area contributed by atoms with Gasteiger partial charge < -0.3 is 4.79 Å².